The quantitative estimate of drug-likeness (QED) is 0.358. The molecule has 0 aliphatic heterocycles. The van der Waals surface area contributed by atoms with Gasteiger partial charge in [0.15, 0.2) is 11.0 Å². The van der Waals surface area contributed by atoms with Gasteiger partial charge in [-0.2, -0.15) is 0 Å². The topological polar surface area (TPSA) is 102 Å². The van der Waals surface area contributed by atoms with Crippen molar-refractivity contribution in [2.24, 2.45) is 0 Å². The Morgan fingerprint density at radius 3 is 2.76 bits per heavy atom. The first-order chi connectivity index (χ1) is 16.1. The zero-order valence-corrected chi connectivity index (χ0v) is 19.4. The maximum Gasteiger partial charge on any atom is 0.253 e. The van der Waals surface area contributed by atoms with Crippen molar-refractivity contribution in [2.45, 2.75) is 50.4 Å². The molecule has 0 unspecified atom stereocenters. The second-order valence-corrected chi connectivity index (χ2v) is 8.88. The lowest BCUT2D eigenvalue weighted by Crippen LogP contribution is -2.33. The summed E-state index contributed by atoms with van der Waals surface area (Å²) in [6, 6.07) is 9.12. The fourth-order valence-corrected chi connectivity index (χ4v) is 4.69. The normalized spacial score (nSPS) is 13.7. The lowest BCUT2D eigenvalue weighted by molar-refractivity contribution is -0.113. The molecule has 0 saturated heterocycles. The number of thioether (sulfide) groups is 1. The molecule has 0 bridgehead atoms. The number of hydrogen-bond acceptors (Lipinski definition) is 6. The van der Waals surface area contributed by atoms with Crippen LogP contribution < -0.4 is 10.6 Å². The van der Waals surface area contributed by atoms with Gasteiger partial charge in [0.1, 0.15) is 5.76 Å². The van der Waals surface area contributed by atoms with Crippen LogP contribution in [0, 0.1) is 6.92 Å². The van der Waals surface area contributed by atoms with Gasteiger partial charge in [-0.3, -0.25) is 14.2 Å². The zero-order valence-electron chi connectivity index (χ0n) is 18.5. The summed E-state index contributed by atoms with van der Waals surface area (Å²) < 4.78 is 7.28. The van der Waals surface area contributed by atoms with Crippen LogP contribution in [0.25, 0.3) is 11.4 Å². The molecule has 3 aromatic rings. The molecule has 1 saturated carbocycles. The number of carbonyl (C=O) groups excluding carboxylic acids is 2. The van der Waals surface area contributed by atoms with E-state index in [-0.39, 0.29) is 23.6 Å². The van der Waals surface area contributed by atoms with Crippen molar-refractivity contribution in [2.75, 3.05) is 11.1 Å². The minimum Gasteiger partial charge on any atom is -0.469 e. The number of hydrogen-bond donors (Lipinski definition) is 2. The highest BCUT2D eigenvalue weighted by molar-refractivity contribution is 7.99. The summed E-state index contributed by atoms with van der Waals surface area (Å²) in [5, 5.41) is 15.1. The number of rotatable bonds is 9. The van der Waals surface area contributed by atoms with Gasteiger partial charge in [0.2, 0.25) is 5.91 Å². The van der Waals surface area contributed by atoms with Gasteiger partial charge >= 0.3 is 0 Å². The summed E-state index contributed by atoms with van der Waals surface area (Å²) in [5.41, 5.74) is 1.82. The Hall–Kier alpha value is -3.33. The van der Waals surface area contributed by atoms with Gasteiger partial charge in [-0.05, 0) is 38.0 Å². The van der Waals surface area contributed by atoms with Crippen LogP contribution in [0.3, 0.4) is 0 Å². The van der Waals surface area contributed by atoms with Crippen LogP contribution in [-0.2, 0) is 11.3 Å². The van der Waals surface area contributed by atoms with Crippen LogP contribution in [0.2, 0.25) is 0 Å². The van der Waals surface area contributed by atoms with Crippen molar-refractivity contribution >= 4 is 29.3 Å². The van der Waals surface area contributed by atoms with E-state index in [1.807, 2.05) is 17.6 Å². The largest absolute Gasteiger partial charge is 0.469 e. The Labute approximate surface area is 196 Å². The lowest BCUT2D eigenvalue weighted by Gasteiger charge is -2.15. The van der Waals surface area contributed by atoms with Crippen molar-refractivity contribution in [3.63, 3.8) is 0 Å². The van der Waals surface area contributed by atoms with Gasteiger partial charge in [-0.15, -0.1) is 16.8 Å². The average molecular weight is 466 g/mol. The molecule has 33 heavy (non-hydrogen) atoms. The van der Waals surface area contributed by atoms with E-state index in [1.54, 1.807) is 36.6 Å². The SMILES string of the molecule is C=CCn1c(SCC(=O)Nc2ccccc2C(=O)NC2CCCC2)nnc1-c1ccoc1C. The summed E-state index contributed by atoms with van der Waals surface area (Å²) in [5.74, 6) is 1.15. The van der Waals surface area contributed by atoms with Crippen LogP contribution in [0.4, 0.5) is 5.69 Å². The first-order valence-corrected chi connectivity index (χ1v) is 12.0. The average Bonchev–Trinajstić information content (AvgIpc) is 3.55. The van der Waals surface area contributed by atoms with E-state index in [1.165, 1.54) is 11.8 Å². The molecule has 2 aromatic heterocycles. The molecule has 0 radical (unpaired) electrons. The maximum atomic E-state index is 12.7. The fraction of sp³-hybridized carbons (Fsp3) is 0.333. The third kappa shape index (κ3) is 5.36. The number of allylic oxidation sites excluding steroid dienone is 1. The summed E-state index contributed by atoms with van der Waals surface area (Å²) in [6.07, 6.45) is 7.65. The van der Waals surface area contributed by atoms with Crippen molar-refractivity contribution < 1.29 is 14.0 Å². The molecule has 172 valence electrons. The van der Waals surface area contributed by atoms with E-state index in [9.17, 15) is 9.59 Å². The minimum absolute atomic E-state index is 0.123. The van der Waals surface area contributed by atoms with Crippen molar-refractivity contribution in [1.29, 1.82) is 0 Å². The Morgan fingerprint density at radius 2 is 2.03 bits per heavy atom. The van der Waals surface area contributed by atoms with Crippen molar-refractivity contribution in [1.82, 2.24) is 20.1 Å². The highest BCUT2D eigenvalue weighted by atomic mass is 32.2. The number of carbonyl (C=O) groups is 2. The molecule has 1 fully saturated rings. The van der Waals surface area contributed by atoms with Gasteiger partial charge in [0, 0.05) is 12.6 Å². The molecule has 2 N–H and O–H groups in total. The van der Waals surface area contributed by atoms with Gasteiger partial charge in [-0.25, -0.2) is 0 Å². The summed E-state index contributed by atoms with van der Waals surface area (Å²) >= 11 is 1.28. The number of benzene rings is 1. The number of nitrogens with zero attached hydrogens (tertiary/aromatic N) is 3. The second-order valence-electron chi connectivity index (χ2n) is 7.93. The number of nitrogens with one attached hydrogen (secondary N) is 2. The number of para-hydroxylation sites is 1. The third-order valence-corrected chi connectivity index (χ3v) is 6.56. The van der Waals surface area contributed by atoms with E-state index in [4.69, 9.17) is 4.42 Å². The fourth-order valence-electron chi connectivity index (χ4n) is 3.95. The van der Waals surface area contributed by atoms with Gasteiger partial charge < -0.3 is 15.1 Å². The molecule has 1 aliphatic rings. The third-order valence-electron chi connectivity index (χ3n) is 5.60. The molecular weight excluding hydrogens is 438 g/mol. The highest BCUT2D eigenvalue weighted by Gasteiger charge is 2.21. The molecular formula is C24H27N5O3S. The number of furan rings is 1. The van der Waals surface area contributed by atoms with Crippen LogP contribution in [0.5, 0.6) is 0 Å². The van der Waals surface area contributed by atoms with Crippen LogP contribution in [-0.4, -0.2) is 38.4 Å². The van der Waals surface area contributed by atoms with Crippen LogP contribution in [0.1, 0.15) is 41.8 Å². The van der Waals surface area contributed by atoms with Crippen LogP contribution >= 0.6 is 11.8 Å². The zero-order chi connectivity index (χ0) is 23.2. The number of aromatic nitrogens is 3. The van der Waals surface area contributed by atoms with E-state index in [0.29, 0.717) is 28.8 Å². The lowest BCUT2D eigenvalue weighted by atomic mass is 10.1. The smallest absolute Gasteiger partial charge is 0.253 e. The van der Waals surface area contributed by atoms with E-state index < -0.39 is 0 Å². The van der Waals surface area contributed by atoms with E-state index in [2.05, 4.69) is 27.4 Å². The Morgan fingerprint density at radius 1 is 1.24 bits per heavy atom. The van der Waals surface area contributed by atoms with Crippen LogP contribution in [0.15, 0.2) is 58.8 Å². The summed E-state index contributed by atoms with van der Waals surface area (Å²) in [4.78, 5) is 25.4. The molecule has 9 heteroatoms. The molecule has 1 aromatic carbocycles. The predicted molar refractivity (Wildman–Crippen MR) is 128 cm³/mol. The second kappa shape index (κ2) is 10.5. The number of aryl methyl sites for hydroxylation is 1. The Balaban J connectivity index is 1.42. The molecule has 1 aliphatic carbocycles. The van der Waals surface area contributed by atoms with Gasteiger partial charge in [-0.1, -0.05) is 42.8 Å². The Bertz CT molecular complexity index is 1150. The Kier molecular flexibility index (Phi) is 7.29. The van der Waals surface area contributed by atoms with Crippen molar-refractivity contribution in [3.05, 3.63) is 60.6 Å². The number of anilines is 1. The molecule has 0 atom stereocenters. The first-order valence-electron chi connectivity index (χ1n) is 11.0. The minimum atomic E-state index is -0.227. The van der Waals surface area contributed by atoms with Gasteiger partial charge in [0.25, 0.3) is 5.91 Å². The van der Waals surface area contributed by atoms with Crippen molar-refractivity contribution in [3.8, 4) is 11.4 Å². The molecule has 8 nitrogen and oxygen atoms in total. The summed E-state index contributed by atoms with van der Waals surface area (Å²) in [6.45, 7) is 6.17. The van der Waals surface area contributed by atoms with E-state index in [0.717, 1.165) is 37.0 Å². The predicted octanol–water partition coefficient (Wildman–Crippen LogP) is 4.44. The maximum absolute atomic E-state index is 12.7. The highest BCUT2D eigenvalue weighted by Crippen LogP contribution is 2.27. The number of amides is 2. The van der Waals surface area contributed by atoms with E-state index >= 15 is 0 Å². The monoisotopic (exact) mass is 465 g/mol. The molecule has 2 amide bonds. The van der Waals surface area contributed by atoms with Gasteiger partial charge in [0.05, 0.1) is 28.8 Å². The first kappa shape index (κ1) is 22.8. The molecule has 4 rings (SSSR count). The summed E-state index contributed by atoms with van der Waals surface area (Å²) in [7, 11) is 0. The molecule has 0 spiro atoms. The standard InChI is InChI=1S/C24H27N5O3S/c1-3-13-29-22(18-12-14-32-16(18)2)27-28-24(29)33-15-21(30)26-20-11-7-6-10-19(20)23(31)25-17-8-4-5-9-17/h3,6-7,10-12,14,17H,1,4-5,8-9,13,15H2,2H3,(H,25,31)(H,26,30). The molecule has 2 heterocycles.